The predicted molar refractivity (Wildman–Crippen MR) is 91.7 cm³/mol. The molecule has 3 nitrogen and oxygen atoms in total. The Kier molecular flexibility index (Phi) is 3.55. The predicted octanol–water partition coefficient (Wildman–Crippen LogP) is 4.45. The maximum absolute atomic E-state index is 12.5. The van der Waals surface area contributed by atoms with Gasteiger partial charge in [0.25, 0.3) is 0 Å². The minimum absolute atomic E-state index is 0.0129. The summed E-state index contributed by atoms with van der Waals surface area (Å²) in [5.74, 6) is 0.320. The molecule has 0 aliphatic heterocycles. The van der Waals surface area contributed by atoms with Crippen LogP contribution >= 0.6 is 0 Å². The standard InChI is InChI=1S/C20H23NO2/c1-12-8-15(6-7-16(12)14(3)22)21-11-13(2)19-17(21)9-20(4,5)10-18(19)23/h6-8,11H,9-10H2,1-5H3. The molecule has 0 saturated carbocycles. The van der Waals surface area contributed by atoms with E-state index in [-0.39, 0.29) is 17.0 Å². The van der Waals surface area contributed by atoms with Crippen LogP contribution in [0.3, 0.4) is 0 Å². The van der Waals surface area contributed by atoms with Crippen LogP contribution in [0.1, 0.15) is 64.7 Å². The lowest BCUT2D eigenvalue weighted by Crippen LogP contribution is -2.28. The van der Waals surface area contributed by atoms with Gasteiger partial charge >= 0.3 is 0 Å². The van der Waals surface area contributed by atoms with Crippen LogP contribution in [-0.4, -0.2) is 16.1 Å². The smallest absolute Gasteiger partial charge is 0.165 e. The second kappa shape index (κ2) is 5.19. The highest BCUT2D eigenvalue weighted by molar-refractivity contribution is 6.00. The van der Waals surface area contributed by atoms with Crippen LogP contribution in [0.4, 0.5) is 0 Å². The third-order valence-corrected chi connectivity index (χ3v) is 4.73. The van der Waals surface area contributed by atoms with Crippen molar-refractivity contribution in [3.63, 3.8) is 0 Å². The van der Waals surface area contributed by atoms with Gasteiger partial charge in [0.1, 0.15) is 0 Å². The SMILES string of the molecule is CC(=O)c1ccc(-n2cc(C)c3c2CC(C)(C)CC3=O)cc1C. The highest BCUT2D eigenvalue weighted by atomic mass is 16.1. The Bertz CT molecular complexity index is 824. The topological polar surface area (TPSA) is 39.1 Å². The fraction of sp³-hybridized carbons (Fsp3) is 0.400. The van der Waals surface area contributed by atoms with E-state index in [1.165, 1.54) is 0 Å². The van der Waals surface area contributed by atoms with E-state index in [1.807, 2.05) is 38.2 Å². The van der Waals surface area contributed by atoms with Crippen molar-refractivity contribution in [2.45, 2.75) is 47.5 Å². The molecular formula is C20H23NO2. The number of benzene rings is 1. The Morgan fingerprint density at radius 1 is 1.13 bits per heavy atom. The zero-order valence-electron chi connectivity index (χ0n) is 14.5. The lowest BCUT2D eigenvalue weighted by Gasteiger charge is -2.30. The number of aromatic nitrogens is 1. The number of nitrogens with zero attached hydrogens (tertiary/aromatic N) is 1. The van der Waals surface area contributed by atoms with Crippen LogP contribution in [0.2, 0.25) is 0 Å². The number of carbonyl (C=O) groups is 2. The lowest BCUT2D eigenvalue weighted by atomic mass is 9.75. The van der Waals surface area contributed by atoms with Gasteiger partial charge in [0.05, 0.1) is 0 Å². The van der Waals surface area contributed by atoms with Crippen molar-refractivity contribution in [1.82, 2.24) is 4.57 Å². The molecule has 0 bridgehead atoms. The minimum atomic E-state index is -0.0129. The fourth-order valence-corrected chi connectivity index (χ4v) is 3.70. The first-order valence-corrected chi connectivity index (χ1v) is 8.05. The third-order valence-electron chi connectivity index (χ3n) is 4.73. The Morgan fingerprint density at radius 2 is 1.83 bits per heavy atom. The van der Waals surface area contributed by atoms with Gasteiger partial charge in [-0.15, -0.1) is 0 Å². The van der Waals surface area contributed by atoms with Crippen LogP contribution < -0.4 is 0 Å². The Hall–Kier alpha value is -2.16. The maximum Gasteiger partial charge on any atom is 0.165 e. The van der Waals surface area contributed by atoms with Gasteiger partial charge in [0.15, 0.2) is 11.6 Å². The first kappa shape index (κ1) is 15.7. The molecule has 1 heterocycles. The minimum Gasteiger partial charge on any atom is -0.320 e. The molecule has 3 heteroatoms. The first-order chi connectivity index (χ1) is 10.7. The summed E-state index contributed by atoms with van der Waals surface area (Å²) in [5.41, 5.74) is 5.74. The zero-order valence-corrected chi connectivity index (χ0v) is 14.5. The quantitative estimate of drug-likeness (QED) is 0.769. The van der Waals surface area contributed by atoms with E-state index >= 15 is 0 Å². The van der Waals surface area contributed by atoms with Gasteiger partial charge in [0.2, 0.25) is 0 Å². The summed E-state index contributed by atoms with van der Waals surface area (Å²) in [6, 6.07) is 5.88. The number of carbonyl (C=O) groups excluding carboxylic acids is 2. The van der Waals surface area contributed by atoms with Gasteiger partial charge in [-0.2, -0.15) is 0 Å². The maximum atomic E-state index is 12.5. The summed E-state index contributed by atoms with van der Waals surface area (Å²) in [6.07, 6.45) is 3.54. The van der Waals surface area contributed by atoms with Crippen LogP contribution in [0.25, 0.3) is 5.69 Å². The first-order valence-electron chi connectivity index (χ1n) is 8.05. The molecule has 0 amide bonds. The number of hydrogen-bond acceptors (Lipinski definition) is 2. The molecule has 1 aliphatic rings. The molecule has 0 fully saturated rings. The second-order valence-corrected chi connectivity index (χ2v) is 7.50. The Labute approximate surface area is 137 Å². The van der Waals surface area contributed by atoms with Crippen LogP contribution in [0.15, 0.2) is 24.4 Å². The van der Waals surface area contributed by atoms with Gasteiger partial charge in [-0.1, -0.05) is 13.8 Å². The van der Waals surface area contributed by atoms with Gasteiger partial charge in [-0.25, -0.2) is 0 Å². The lowest BCUT2D eigenvalue weighted by molar-refractivity contribution is 0.0909. The fourth-order valence-electron chi connectivity index (χ4n) is 3.70. The summed E-state index contributed by atoms with van der Waals surface area (Å²) in [4.78, 5) is 24.1. The van der Waals surface area contributed by atoms with Crippen LogP contribution in [-0.2, 0) is 6.42 Å². The summed E-state index contributed by atoms with van der Waals surface area (Å²) >= 11 is 0. The molecule has 0 spiro atoms. The molecule has 120 valence electrons. The van der Waals surface area contributed by atoms with Crippen molar-refractivity contribution in [3.05, 3.63) is 52.3 Å². The summed E-state index contributed by atoms with van der Waals surface area (Å²) in [5, 5.41) is 0. The molecule has 1 aromatic heterocycles. The highest BCUT2D eigenvalue weighted by Crippen LogP contribution is 2.38. The molecule has 2 aromatic rings. The largest absolute Gasteiger partial charge is 0.320 e. The summed E-state index contributed by atoms with van der Waals surface area (Å²) < 4.78 is 2.13. The number of aryl methyl sites for hydroxylation is 2. The number of rotatable bonds is 2. The third kappa shape index (κ3) is 2.65. The monoisotopic (exact) mass is 309 g/mol. The number of ketones is 2. The molecule has 0 N–H and O–H groups in total. The van der Waals surface area contributed by atoms with E-state index in [0.29, 0.717) is 6.42 Å². The molecule has 0 atom stereocenters. The van der Waals surface area contributed by atoms with E-state index in [0.717, 1.165) is 40.1 Å². The van der Waals surface area contributed by atoms with Gasteiger partial charge in [0, 0.05) is 35.1 Å². The Morgan fingerprint density at radius 3 is 2.43 bits per heavy atom. The van der Waals surface area contributed by atoms with Crippen LogP contribution in [0, 0.1) is 19.3 Å². The van der Waals surface area contributed by atoms with E-state index < -0.39 is 0 Å². The molecule has 0 radical (unpaired) electrons. The number of Topliss-reactive ketones (excluding diaryl/α,β-unsaturated/α-hetero) is 2. The van der Waals surface area contributed by atoms with Crippen molar-refractivity contribution in [3.8, 4) is 5.69 Å². The van der Waals surface area contributed by atoms with Crippen molar-refractivity contribution in [1.29, 1.82) is 0 Å². The van der Waals surface area contributed by atoms with Crippen molar-refractivity contribution in [2.24, 2.45) is 5.41 Å². The van der Waals surface area contributed by atoms with Crippen molar-refractivity contribution < 1.29 is 9.59 Å². The molecule has 0 saturated heterocycles. The molecule has 3 rings (SSSR count). The van der Waals surface area contributed by atoms with Crippen molar-refractivity contribution >= 4 is 11.6 Å². The number of fused-ring (bicyclic) bond motifs is 1. The highest BCUT2D eigenvalue weighted by Gasteiger charge is 2.34. The number of hydrogen-bond donors (Lipinski definition) is 0. The summed E-state index contributed by atoms with van der Waals surface area (Å²) in [7, 11) is 0. The second-order valence-electron chi connectivity index (χ2n) is 7.50. The average Bonchev–Trinajstić information content (AvgIpc) is 2.73. The average molecular weight is 309 g/mol. The van der Waals surface area contributed by atoms with Gasteiger partial charge in [-0.05, 0) is 61.9 Å². The molecule has 1 aliphatic carbocycles. The zero-order chi connectivity index (χ0) is 16.9. The van der Waals surface area contributed by atoms with Gasteiger partial charge < -0.3 is 4.57 Å². The van der Waals surface area contributed by atoms with E-state index in [9.17, 15) is 9.59 Å². The normalized spacial score (nSPS) is 16.3. The molecular weight excluding hydrogens is 286 g/mol. The van der Waals surface area contributed by atoms with E-state index in [4.69, 9.17) is 0 Å². The molecule has 23 heavy (non-hydrogen) atoms. The molecule has 0 unspecified atom stereocenters. The van der Waals surface area contributed by atoms with Gasteiger partial charge in [-0.3, -0.25) is 9.59 Å². The Balaban J connectivity index is 2.16. The van der Waals surface area contributed by atoms with E-state index in [2.05, 4.69) is 18.4 Å². The molecule has 1 aromatic carbocycles. The van der Waals surface area contributed by atoms with Crippen molar-refractivity contribution in [2.75, 3.05) is 0 Å². The summed E-state index contributed by atoms with van der Waals surface area (Å²) in [6.45, 7) is 9.83. The van der Waals surface area contributed by atoms with E-state index in [1.54, 1.807) is 6.92 Å². The van der Waals surface area contributed by atoms with Crippen LogP contribution in [0.5, 0.6) is 0 Å².